The van der Waals surface area contributed by atoms with E-state index in [4.69, 9.17) is 4.74 Å². The molecule has 0 spiro atoms. The lowest BCUT2D eigenvalue weighted by atomic mass is 10.2. The maximum atomic E-state index is 13.3. The number of esters is 1. The van der Waals surface area contributed by atoms with Gasteiger partial charge in [0.05, 0.1) is 6.61 Å². The summed E-state index contributed by atoms with van der Waals surface area (Å²) < 4.78 is 31.0. The summed E-state index contributed by atoms with van der Waals surface area (Å²) in [6.45, 7) is 1.89. The zero-order chi connectivity index (χ0) is 11.7. The van der Waals surface area contributed by atoms with E-state index in [2.05, 4.69) is 4.98 Å². The molecule has 0 fully saturated rings. The molecule has 1 aromatic carbocycles. The summed E-state index contributed by atoms with van der Waals surface area (Å²) in [5.74, 6) is -2.50. The van der Waals surface area contributed by atoms with Crippen LogP contribution in [0.2, 0.25) is 0 Å². The van der Waals surface area contributed by atoms with Crippen molar-refractivity contribution in [3.05, 3.63) is 35.5 Å². The highest BCUT2D eigenvalue weighted by atomic mass is 19.2. The second kappa shape index (κ2) is 3.92. The van der Waals surface area contributed by atoms with E-state index in [1.807, 2.05) is 0 Å². The fourth-order valence-corrected chi connectivity index (χ4v) is 1.46. The van der Waals surface area contributed by atoms with Crippen LogP contribution in [-0.4, -0.2) is 17.6 Å². The molecule has 84 valence electrons. The van der Waals surface area contributed by atoms with Crippen molar-refractivity contribution >= 4 is 16.9 Å². The fraction of sp³-hybridized carbons (Fsp3) is 0.182. The Balaban J connectivity index is 2.52. The number of halogens is 2. The van der Waals surface area contributed by atoms with Crippen LogP contribution >= 0.6 is 0 Å². The van der Waals surface area contributed by atoms with E-state index < -0.39 is 17.6 Å². The largest absolute Gasteiger partial charge is 0.461 e. The number of hydrogen-bond acceptors (Lipinski definition) is 2. The smallest absolute Gasteiger partial charge is 0.354 e. The molecule has 0 saturated carbocycles. The van der Waals surface area contributed by atoms with Crippen LogP contribution < -0.4 is 0 Å². The molecule has 0 saturated heterocycles. The molecule has 0 aliphatic carbocycles. The van der Waals surface area contributed by atoms with Crippen molar-refractivity contribution < 1.29 is 18.3 Å². The number of carbonyl (C=O) groups excluding carboxylic acids is 1. The molecule has 3 nitrogen and oxygen atoms in total. The highest BCUT2D eigenvalue weighted by Gasteiger charge is 2.14. The summed E-state index contributed by atoms with van der Waals surface area (Å²) in [5.41, 5.74) is 0.475. The third-order valence-corrected chi connectivity index (χ3v) is 2.19. The number of fused-ring (bicyclic) bond motifs is 1. The van der Waals surface area contributed by atoms with Crippen molar-refractivity contribution in [2.75, 3.05) is 6.61 Å². The molecule has 2 aromatic rings. The van der Waals surface area contributed by atoms with Gasteiger partial charge in [0.1, 0.15) is 5.69 Å². The Morgan fingerprint density at radius 1 is 1.44 bits per heavy atom. The van der Waals surface area contributed by atoms with Gasteiger partial charge in [-0.1, -0.05) is 0 Å². The number of aromatic nitrogens is 1. The molecule has 2 rings (SSSR count). The summed E-state index contributed by atoms with van der Waals surface area (Å²) in [6.07, 6.45) is 0. The second-order valence-corrected chi connectivity index (χ2v) is 3.23. The first-order valence-corrected chi connectivity index (χ1v) is 4.77. The molecule has 1 aromatic heterocycles. The molecule has 0 aliphatic heterocycles. The fourth-order valence-electron chi connectivity index (χ4n) is 1.46. The van der Waals surface area contributed by atoms with Crippen molar-refractivity contribution in [3.63, 3.8) is 0 Å². The highest BCUT2D eigenvalue weighted by molar-refractivity contribution is 5.95. The van der Waals surface area contributed by atoms with Gasteiger partial charge in [-0.15, -0.1) is 0 Å². The average molecular weight is 225 g/mol. The molecule has 1 N–H and O–H groups in total. The van der Waals surface area contributed by atoms with Crippen molar-refractivity contribution in [2.24, 2.45) is 0 Å². The standard InChI is InChI=1S/C11H9F2NO2/c1-2-16-11(15)9-5-6-8(14-9)4-3-7(12)10(6)13/h3-5,14H,2H2,1H3. The number of hydrogen-bond donors (Lipinski definition) is 1. The van der Waals surface area contributed by atoms with Gasteiger partial charge in [0.15, 0.2) is 11.6 Å². The van der Waals surface area contributed by atoms with Gasteiger partial charge >= 0.3 is 5.97 Å². The second-order valence-electron chi connectivity index (χ2n) is 3.23. The SMILES string of the molecule is CCOC(=O)c1cc2c(F)c(F)ccc2[nH]1. The number of nitrogens with one attached hydrogen (secondary N) is 1. The van der Waals surface area contributed by atoms with Gasteiger partial charge in [-0.3, -0.25) is 0 Å². The van der Waals surface area contributed by atoms with Crippen LogP contribution in [0.5, 0.6) is 0 Å². The van der Waals surface area contributed by atoms with Gasteiger partial charge < -0.3 is 9.72 Å². The molecule has 0 radical (unpaired) electrons. The van der Waals surface area contributed by atoms with Crippen LogP contribution in [0.25, 0.3) is 10.9 Å². The normalized spacial score (nSPS) is 10.7. The molecular weight excluding hydrogens is 216 g/mol. The Morgan fingerprint density at radius 2 is 2.19 bits per heavy atom. The zero-order valence-electron chi connectivity index (χ0n) is 8.51. The predicted molar refractivity (Wildman–Crippen MR) is 54.2 cm³/mol. The minimum absolute atomic E-state index is 0.0445. The molecule has 1 heterocycles. The Morgan fingerprint density at radius 3 is 2.88 bits per heavy atom. The van der Waals surface area contributed by atoms with E-state index in [0.29, 0.717) is 5.52 Å². The van der Waals surface area contributed by atoms with Gasteiger partial charge in [0, 0.05) is 10.9 Å². The zero-order valence-corrected chi connectivity index (χ0v) is 8.51. The van der Waals surface area contributed by atoms with Crippen LogP contribution in [-0.2, 0) is 4.74 Å². The summed E-state index contributed by atoms with van der Waals surface area (Å²) in [7, 11) is 0. The molecule has 0 bridgehead atoms. The maximum absolute atomic E-state index is 13.3. The number of benzene rings is 1. The molecule has 0 aliphatic rings. The van der Waals surface area contributed by atoms with E-state index in [1.165, 1.54) is 12.1 Å². The molecule has 16 heavy (non-hydrogen) atoms. The summed E-state index contributed by atoms with van der Waals surface area (Å²) in [4.78, 5) is 14.0. The van der Waals surface area contributed by atoms with Crippen molar-refractivity contribution in [1.82, 2.24) is 4.98 Å². The van der Waals surface area contributed by atoms with Crippen molar-refractivity contribution in [3.8, 4) is 0 Å². The van der Waals surface area contributed by atoms with Gasteiger partial charge in [-0.05, 0) is 25.1 Å². The minimum atomic E-state index is -0.968. The Labute approximate surface area is 90.0 Å². The predicted octanol–water partition coefficient (Wildman–Crippen LogP) is 2.62. The topological polar surface area (TPSA) is 42.1 Å². The quantitative estimate of drug-likeness (QED) is 0.798. The lowest BCUT2D eigenvalue weighted by molar-refractivity contribution is 0.0520. The lowest BCUT2D eigenvalue weighted by Crippen LogP contribution is -2.04. The van der Waals surface area contributed by atoms with E-state index in [1.54, 1.807) is 6.92 Å². The average Bonchev–Trinajstić information content (AvgIpc) is 2.69. The highest BCUT2D eigenvalue weighted by Crippen LogP contribution is 2.21. The van der Waals surface area contributed by atoms with Crippen LogP contribution in [0.1, 0.15) is 17.4 Å². The molecule has 0 amide bonds. The van der Waals surface area contributed by atoms with Crippen molar-refractivity contribution in [1.29, 1.82) is 0 Å². The number of aromatic amines is 1. The third-order valence-electron chi connectivity index (χ3n) is 2.19. The third kappa shape index (κ3) is 1.64. The summed E-state index contributed by atoms with van der Waals surface area (Å²) >= 11 is 0. The van der Waals surface area contributed by atoms with Crippen molar-refractivity contribution in [2.45, 2.75) is 6.92 Å². The van der Waals surface area contributed by atoms with Gasteiger partial charge in [0.2, 0.25) is 0 Å². The molecule has 0 atom stereocenters. The van der Waals surface area contributed by atoms with Crippen LogP contribution in [0.3, 0.4) is 0 Å². The monoisotopic (exact) mass is 225 g/mol. The van der Waals surface area contributed by atoms with Crippen LogP contribution in [0.4, 0.5) is 8.78 Å². The molecule has 5 heteroatoms. The summed E-state index contributed by atoms with van der Waals surface area (Å²) in [6, 6.07) is 3.62. The van der Waals surface area contributed by atoms with Crippen LogP contribution in [0.15, 0.2) is 18.2 Å². The number of ether oxygens (including phenoxy) is 1. The van der Waals surface area contributed by atoms with E-state index in [0.717, 1.165) is 6.07 Å². The van der Waals surface area contributed by atoms with Gasteiger partial charge in [-0.25, -0.2) is 13.6 Å². The Hall–Kier alpha value is -1.91. The Kier molecular flexibility index (Phi) is 2.60. The first kappa shape index (κ1) is 10.6. The van der Waals surface area contributed by atoms with E-state index >= 15 is 0 Å². The van der Waals surface area contributed by atoms with E-state index in [-0.39, 0.29) is 17.7 Å². The minimum Gasteiger partial charge on any atom is -0.461 e. The van der Waals surface area contributed by atoms with Gasteiger partial charge in [0.25, 0.3) is 0 Å². The molecule has 0 unspecified atom stereocenters. The lowest BCUT2D eigenvalue weighted by Gasteiger charge is -1.96. The first-order chi connectivity index (χ1) is 7.63. The maximum Gasteiger partial charge on any atom is 0.354 e. The number of H-pyrrole nitrogens is 1. The van der Waals surface area contributed by atoms with Gasteiger partial charge in [-0.2, -0.15) is 0 Å². The Bertz CT molecular complexity index is 548. The van der Waals surface area contributed by atoms with Crippen LogP contribution in [0, 0.1) is 11.6 Å². The first-order valence-electron chi connectivity index (χ1n) is 4.77. The number of rotatable bonds is 2. The van der Waals surface area contributed by atoms with E-state index in [9.17, 15) is 13.6 Å². The number of carbonyl (C=O) groups is 1. The summed E-state index contributed by atoms with van der Waals surface area (Å²) in [5, 5.41) is 0.0445. The molecular formula is C11H9F2NO2.